The fraction of sp³-hybridized carbons (Fsp3) is 0.158. The maximum Gasteiger partial charge on any atom is 0.255 e. The second-order valence-corrected chi connectivity index (χ2v) is 5.80. The second-order valence-electron chi connectivity index (χ2n) is 5.80. The summed E-state index contributed by atoms with van der Waals surface area (Å²) in [4.78, 5) is 14.6. The van der Waals surface area contributed by atoms with Gasteiger partial charge in [-0.25, -0.2) is 0 Å². The molecule has 5 heteroatoms. The molecule has 0 aliphatic carbocycles. The Kier molecular flexibility index (Phi) is 4.33. The number of rotatable bonds is 4. The maximum absolute atomic E-state index is 12.6. The fourth-order valence-corrected chi connectivity index (χ4v) is 2.59. The zero-order valence-corrected chi connectivity index (χ0v) is 14.0. The highest BCUT2D eigenvalue weighted by Gasteiger charge is 2.14. The largest absolute Gasteiger partial charge is 0.378 e. The van der Waals surface area contributed by atoms with E-state index in [4.69, 9.17) is 0 Å². The third kappa shape index (κ3) is 3.15. The van der Waals surface area contributed by atoms with Crippen molar-refractivity contribution in [1.29, 1.82) is 0 Å². The molecule has 3 aromatic rings. The molecule has 0 aliphatic rings. The Hall–Kier alpha value is -3.08. The molecule has 122 valence electrons. The molecule has 0 unspecified atom stereocenters. The summed E-state index contributed by atoms with van der Waals surface area (Å²) in [6.07, 6.45) is 1.68. The zero-order valence-electron chi connectivity index (χ0n) is 14.0. The van der Waals surface area contributed by atoms with Crippen LogP contribution in [0.1, 0.15) is 10.4 Å². The molecule has 1 aromatic heterocycles. The van der Waals surface area contributed by atoms with Crippen LogP contribution in [0.25, 0.3) is 11.3 Å². The molecule has 0 fully saturated rings. The van der Waals surface area contributed by atoms with Crippen LogP contribution in [0.4, 0.5) is 11.4 Å². The number of anilines is 2. The van der Waals surface area contributed by atoms with Crippen molar-refractivity contribution in [2.45, 2.75) is 0 Å². The standard InChI is InChI=1S/C19H20N4O/c1-22(2)16-11-7-10-15(12-16)19(24)21-17-13-20-23(3)18(17)14-8-5-4-6-9-14/h4-13H,1-3H3,(H,21,24). The van der Waals surface area contributed by atoms with Crippen LogP contribution < -0.4 is 10.2 Å². The summed E-state index contributed by atoms with van der Waals surface area (Å²) in [7, 11) is 5.77. The number of carbonyl (C=O) groups excluding carboxylic acids is 1. The first-order chi connectivity index (χ1) is 11.6. The van der Waals surface area contributed by atoms with Gasteiger partial charge in [0.05, 0.1) is 17.6 Å². The Bertz CT molecular complexity index is 853. The van der Waals surface area contributed by atoms with Gasteiger partial charge in [-0.2, -0.15) is 5.10 Å². The van der Waals surface area contributed by atoms with Crippen LogP contribution >= 0.6 is 0 Å². The molecule has 0 saturated heterocycles. The topological polar surface area (TPSA) is 50.2 Å². The van der Waals surface area contributed by atoms with Crippen LogP contribution in [0.2, 0.25) is 0 Å². The van der Waals surface area contributed by atoms with Crippen LogP contribution in [-0.4, -0.2) is 29.8 Å². The summed E-state index contributed by atoms with van der Waals surface area (Å²) >= 11 is 0. The maximum atomic E-state index is 12.6. The van der Waals surface area contributed by atoms with E-state index in [0.717, 1.165) is 16.9 Å². The number of aryl methyl sites for hydroxylation is 1. The molecule has 3 rings (SSSR count). The zero-order chi connectivity index (χ0) is 17.1. The molecule has 0 saturated carbocycles. The molecular weight excluding hydrogens is 300 g/mol. The van der Waals surface area contributed by atoms with E-state index in [-0.39, 0.29) is 5.91 Å². The van der Waals surface area contributed by atoms with Crippen molar-refractivity contribution in [3.8, 4) is 11.3 Å². The summed E-state index contributed by atoms with van der Waals surface area (Å²) in [6, 6.07) is 17.4. The lowest BCUT2D eigenvalue weighted by Gasteiger charge is -2.13. The van der Waals surface area contributed by atoms with Crippen LogP contribution in [0.15, 0.2) is 60.8 Å². The normalized spacial score (nSPS) is 10.5. The summed E-state index contributed by atoms with van der Waals surface area (Å²) in [5.41, 5.74) is 4.19. The smallest absolute Gasteiger partial charge is 0.255 e. The Balaban J connectivity index is 1.90. The monoisotopic (exact) mass is 320 g/mol. The molecule has 1 amide bonds. The molecule has 1 heterocycles. The first-order valence-corrected chi connectivity index (χ1v) is 7.72. The van der Waals surface area contributed by atoms with Crippen LogP contribution in [0.3, 0.4) is 0 Å². The van der Waals surface area contributed by atoms with Gasteiger partial charge in [-0.05, 0) is 18.2 Å². The van der Waals surface area contributed by atoms with Crippen molar-refractivity contribution in [2.75, 3.05) is 24.3 Å². The molecule has 0 aliphatic heterocycles. The van der Waals surface area contributed by atoms with E-state index in [1.165, 1.54) is 0 Å². The molecule has 0 bridgehead atoms. The lowest BCUT2D eigenvalue weighted by atomic mass is 10.1. The van der Waals surface area contributed by atoms with E-state index in [0.29, 0.717) is 11.3 Å². The van der Waals surface area contributed by atoms with Crippen molar-refractivity contribution in [3.63, 3.8) is 0 Å². The molecule has 0 atom stereocenters. The minimum Gasteiger partial charge on any atom is -0.378 e. The highest BCUT2D eigenvalue weighted by atomic mass is 16.1. The number of amides is 1. The summed E-state index contributed by atoms with van der Waals surface area (Å²) in [6.45, 7) is 0. The molecular formula is C19H20N4O. The quantitative estimate of drug-likeness (QED) is 0.801. The first-order valence-electron chi connectivity index (χ1n) is 7.72. The van der Waals surface area contributed by atoms with E-state index in [1.807, 2.05) is 74.6 Å². The lowest BCUT2D eigenvalue weighted by Crippen LogP contribution is -2.14. The Morgan fingerprint density at radius 1 is 1.08 bits per heavy atom. The average Bonchev–Trinajstić information content (AvgIpc) is 2.96. The second kappa shape index (κ2) is 6.58. The minimum atomic E-state index is -0.149. The van der Waals surface area contributed by atoms with E-state index in [9.17, 15) is 4.79 Å². The van der Waals surface area contributed by atoms with Gasteiger partial charge in [-0.15, -0.1) is 0 Å². The molecule has 2 aromatic carbocycles. The number of nitrogens with one attached hydrogen (secondary N) is 1. The molecule has 5 nitrogen and oxygen atoms in total. The Morgan fingerprint density at radius 2 is 1.83 bits per heavy atom. The number of nitrogens with zero attached hydrogens (tertiary/aromatic N) is 3. The SMILES string of the molecule is CN(C)c1cccc(C(=O)Nc2cnn(C)c2-c2ccccc2)c1. The predicted octanol–water partition coefficient (Wildman–Crippen LogP) is 3.41. The number of carbonyl (C=O) groups is 1. The van der Waals surface area contributed by atoms with Gasteiger partial charge >= 0.3 is 0 Å². The Labute approximate surface area is 141 Å². The van der Waals surface area contributed by atoms with Crippen LogP contribution in [0, 0.1) is 0 Å². The van der Waals surface area contributed by atoms with Gasteiger partial charge in [0.2, 0.25) is 0 Å². The van der Waals surface area contributed by atoms with Crippen molar-refractivity contribution in [3.05, 3.63) is 66.4 Å². The third-order valence-corrected chi connectivity index (χ3v) is 3.86. The number of hydrogen-bond acceptors (Lipinski definition) is 3. The summed E-state index contributed by atoms with van der Waals surface area (Å²) in [5, 5.41) is 7.25. The summed E-state index contributed by atoms with van der Waals surface area (Å²) < 4.78 is 1.77. The van der Waals surface area contributed by atoms with Gasteiger partial charge in [-0.1, -0.05) is 36.4 Å². The number of benzene rings is 2. The van der Waals surface area contributed by atoms with Gasteiger partial charge in [0.15, 0.2) is 0 Å². The molecule has 1 N–H and O–H groups in total. The average molecular weight is 320 g/mol. The third-order valence-electron chi connectivity index (χ3n) is 3.86. The van der Waals surface area contributed by atoms with Crippen molar-refractivity contribution in [1.82, 2.24) is 9.78 Å². The van der Waals surface area contributed by atoms with Crippen LogP contribution in [0.5, 0.6) is 0 Å². The fourth-order valence-electron chi connectivity index (χ4n) is 2.59. The van der Waals surface area contributed by atoms with E-state index in [2.05, 4.69) is 10.4 Å². The first kappa shape index (κ1) is 15.8. The van der Waals surface area contributed by atoms with E-state index >= 15 is 0 Å². The highest BCUT2D eigenvalue weighted by Crippen LogP contribution is 2.27. The Morgan fingerprint density at radius 3 is 2.54 bits per heavy atom. The minimum absolute atomic E-state index is 0.149. The van der Waals surface area contributed by atoms with Gasteiger partial charge in [0.25, 0.3) is 5.91 Å². The van der Waals surface area contributed by atoms with Gasteiger partial charge < -0.3 is 10.2 Å². The number of aromatic nitrogens is 2. The summed E-state index contributed by atoms with van der Waals surface area (Å²) in [5.74, 6) is -0.149. The van der Waals surface area contributed by atoms with Gasteiger partial charge in [0.1, 0.15) is 0 Å². The highest BCUT2D eigenvalue weighted by molar-refractivity contribution is 6.06. The van der Waals surface area contributed by atoms with Crippen molar-refractivity contribution >= 4 is 17.3 Å². The number of hydrogen-bond donors (Lipinski definition) is 1. The van der Waals surface area contributed by atoms with Crippen molar-refractivity contribution < 1.29 is 4.79 Å². The molecule has 0 radical (unpaired) electrons. The predicted molar refractivity (Wildman–Crippen MR) is 97.4 cm³/mol. The van der Waals surface area contributed by atoms with Crippen molar-refractivity contribution in [2.24, 2.45) is 7.05 Å². The van der Waals surface area contributed by atoms with Crippen LogP contribution in [-0.2, 0) is 7.05 Å². The van der Waals surface area contributed by atoms with Gasteiger partial charge in [-0.3, -0.25) is 9.48 Å². The lowest BCUT2D eigenvalue weighted by molar-refractivity contribution is 0.102. The van der Waals surface area contributed by atoms with E-state index < -0.39 is 0 Å². The van der Waals surface area contributed by atoms with E-state index in [1.54, 1.807) is 16.9 Å². The molecule has 0 spiro atoms. The van der Waals surface area contributed by atoms with Gasteiger partial charge in [0, 0.05) is 38.0 Å². The molecule has 24 heavy (non-hydrogen) atoms.